The lowest BCUT2D eigenvalue weighted by Crippen LogP contribution is -2.20. The van der Waals surface area contributed by atoms with Crippen molar-refractivity contribution in [1.29, 1.82) is 0 Å². The summed E-state index contributed by atoms with van der Waals surface area (Å²) in [7, 11) is 0. The van der Waals surface area contributed by atoms with Crippen molar-refractivity contribution in [3.63, 3.8) is 0 Å². The summed E-state index contributed by atoms with van der Waals surface area (Å²) in [6, 6.07) is 13.7. The summed E-state index contributed by atoms with van der Waals surface area (Å²) in [5.74, 6) is -0.646. The smallest absolute Gasteiger partial charge is 0.291 e. The largest absolute Gasteiger partial charge is 0.396 e. The number of hydrogen-bond donors (Lipinski definition) is 2. The Bertz CT molecular complexity index is 1000. The van der Waals surface area contributed by atoms with Crippen LogP contribution in [0, 0.1) is 0 Å². The Labute approximate surface area is 158 Å². The monoisotopic (exact) mass is 392 g/mol. The molecule has 25 heavy (non-hydrogen) atoms. The average molecular weight is 394 g/mol. The van der Waals surface area contributed by atoms with Gasteiger partial charge in [0, 0.05) is 0 Å². The molecule has 3 aromatic rings. The van der Waals surface area contributed by atoms with Crippen LogP contribution in [-0.4, -0.2) is 17.1 Å². The number of halogens is 3. The number of nitrogens with two attached hydrogens (primary N) is 1. The first-order valence-electron chi connectivity index (χ1n) is 7.09. The quantitative estimate of drug-likeness (QED) is 0.389. The third-order valence-electron chi connectivity index (χ3n) is 3.44. The summed E-state index contributed by atoms with van der Waals surface area (Å²) in [6.45, 7) is 0. The summed E-state index contributed by atoms with van der Waals surface area (Å²) in [4.78, 5) is 16.0. The van der Waals surface area contributed by atoms with Crippen molar-refractivity contribution in [1.82, 2.24) is 10.4 Å². The number of aromatic nitrogens is 1. The molecule has 2 aromatic carbocycles. The molecule has 0 spiro atoms. The minimum atomic E-state index is -0.646. The number of amides is 1. The number of fused-ring (bicyclic) bond motifs is 1. The summed E-state index contributed by atoms with van der Waals surface area (Å²) >= 11 is 17.6. The van der Waals surface area contributed by atoms with E-state index >= 15 is 0 Å². The minimum absolute atomic E-state index is 0.00267. The number of nitrogens with one attached hydrogen (secondary N) is 1. The number of pyridine rings is 1. The predicted octanol–water partition coefficient (Wildman–Crippen LogP) is 4.54. The van der Waals surface area contributed by atoms with Crippen molar-refractivity contribution < 1.29 is 4.79 Å². The van der Waals surface area contributed by atoms with Crippen molar-refractivity contribution in [2.24, 2.45) is 5.10 Å². The van der Waals surface area contributed by atoms with Crippen LogP contribution in [0.15, 0.2) is 47.6 Å². The van der Waals surface area contributed by atoms with Gasteiger partial charge in [-0.2, -0.15) is 5.10 Å². The van der Waals surface area contributed by atoms with Gasteiger partial charge in [0.15, 0.2) is 10.8 Å². The Morgan fingerprint density at radius 3 is 2.56 bits per heavy atom. The second-order valence-electron chi connectivity index (χ2n) is 5.10. The van der Waals surface area contributed by atoms with Gasteiger partial charge in [-0.05, 0) is 22.4 Å². The van der Waals surface area contributed by atoms with Gasteiger partial charge in [-0.15, -0.1) is 0 Å². The van der Waals surface area contributed by atoms with Crippen molar-refractivity contribution >= 4 is 63.4 Å². The molecule has 0 saturated carbocycles. The summed E-state index contributed by atoms with van der Waals surface area (Å²) in [5, 5.41) is 5.92. The SMILES string of the molecule is Nc1c(Cl)c(Cl)nc(C(=O)N/N=C/c2ccc3ccccc3c2)c1Cl. The topological polar surface area (TPSA) is 80.4 Å². The highest BCUT2D eigenvalue weighted by molar-refractivity contribution is 6.46. The van der Waals surface area contributed by atoms with Gasteiger partial charge in [0.1, 0.15) is 5.02 Å². The lowest BCUT2D eigenvalue weighted by Gasteiger charge is -2.07. The molecule has 0 radical (unpaired) electrons. The van der Waals surface area contributed by atoms with Gasteiger partial charge < -0.3 is 5.73 Å². The Balaban J connectivity index is 1.78. The highest BCUT2D eigenvalue weighted by Crippen LogP contribution is 2.34. The molecule has 0 aliphatic heterocycles. The summed E-state index contributed by atoms with van der Waals surface area (Å²) < 4.78 is 0. The van der Waals surface area contributed by atoms with Crippen molar-refractivity contribution in [2.75, 3.05) is 5.73 Å². The number of benzene rings is 2. The molecule has 1 heterocycles. The van der Waals surface area contributed by atoms with Crippen LogP contribution in [0.25, 0.3) is 10.8 Å². The van der Waals surface area contributed by atoms with Gasteiger partial charge in [0.05, 0.1) is 16.9 Å². The molecule has 1 aromatic heterocycles. The third-order valence-corrected chi connectivity index (χ3v) is 4.58. The van der Waals surface area contributed by atoms with Gasteiger partial charge in [-0.1, -0.05) is 71.2 Å². The van der Waals surface area contributed by atoms with Crippen LogP contribution in [0.3, 0.4) is 0 Å². The number of nitrogen functional groups attached to an aromatic ring is 1. The van der Waals surface area contributed by atoms with Gasteiger partial charge in [0.25, 0.3) is 5.91 Å². The average Bonchev–Trinajstić information content (AvgIpc) is 2.62. The van der Waals surface area contributed by atoms with E-state index in [1.54, 1.807) is 0 Å². The van der Waals surface area contributed by atoms with Crippen LogP contribution in [0.1, 0.15) is 16.1 Å². The fourth-order valence-electron chi connectivity index (χ4n) is 2.19. The second-order valence-corrected chi connectivity index (χ2v) is 6.21. The van der Waals surface area contributed by atoms with Gasteiger partial charge in [-0.25, -0.2) is 10.4 Å². The Morgan fingerprint density at radius 2 is 1.80 bits per heavy atom. The molecule has 0 saturated heterocycles. The number of carbonyl (C=O) groups excluding carboxylic acids is 1. The van der Waals surface area contributed by atoms with E-state index in [0.29, 0.717) is 0 Å². The second kappa shape index (κ2) is 7.27. The van der Waals surface area contributed by atoms with E-state index in [0.717, 1.165) is 16.3 Å². The zero-order chi connectivity index (χ0) is 18.0. The molecule has 1 amide bonds. The zero-order valence-electron chi connectivity index (χ0n) is 12.6. The molecule has 126 valence electrons. The predicted molar refractivity (Wildman–Crippen MR) is 103 cm³/mol. The molecule has 0 atom stereocenters. The minimum Gasteiger partial charge on any atom is -0.396 e. The molecule has 0 bridgehead atoms. The van der Waals surface area contributed by atoms with E-state index in [2.05, 4.69) is 15.5 Å². The van der Waals surface area contributed by atoms with Gasteiger partial charge >= 0.3 is 0 Å². The Hall–Kier alpha value is -2.34. The highest BCUT2D eigenvalue weighted by atomic mass is 35.5. The first kappa shape index (κ1) is 17.5. The molecule has 5 nitrogen and oxygen atoms in total. The molecule has 3 N–H and O–H groups in total. The molecule has 3 rings (SSSR count). The molecule has 0 aliphatic rings. The highest BCUT2D eigenvalue weighted by Gasteiger charge is 2.19. The number of anilines is 1. The third kappa shape index (κ3) is 3.69. The van der Waals surface area contributed by atoms with Gasteiger partial charge in [-0.3, -0.25) is 4.79 Å². The maximum Gasteiger partial charge on any atom is 0.291 e. The fourth-order valence-corrected chi connectivity index (χ4v) is 2.78. The van der Waals surface area contributed by atoms with E-state index < -0.39 is 5.91 Å². The van der Waals surface area contributed by atoms with Crippen LogP contribution >= 0.6 is 34.8 Å². The molecule has 0 aliphatic carbocycles. The van der Waals surface area contributed by atoms with Crippen LogP contribution in [-0.2, 0) is 0 Å². The summed E-state index contributed by atoms with van der Waals surface area (Å²) in [6.07, 6.45) is 1.51. The van der Waals surface area contributed by atoms with Crippen LogP contribution < -0.4 is 11.2 Å². The number of nitrogens with zero attached hydrogens (tertiary/aromatic N) is 2. The zero-order valence-corrected chi connectivity index (χ0v) is 14.9. The number of hydrogen-bond acceptors (Lipinski definition) is 4. The lowest BCUT2D eigenvalue weighted by molar-refractivity contribution is 0.0950. The Kier molecular flexibility index (Phi) is 5.08. The molecular weight excluding hydrogens is 383 g/mol. The standard InChI is InChI=1S/C17H11Cl3N4O/c18-12-14(21)13(19)16(20)23-15(12)17(25)24-22-8-9-5-6-10-3-1-2-4-11(10)7-9/h1-8H,(H2,21,23)(H,24,25)/b22-8+. The summed E-state index contributed by atoms with van der Waals surface area (Å²) in [5.41, 5.74) is 8.69. The van der Waals surface area contributed by atoms with E-state index in [1.165, 1.54) is 6.21 Å². The number of carbonyl (C=O) groups is 1. The molecule has 0 fully saturated rings. The van der Waals surface area contributed by atoms with E-state index in [4.69, 9.17) is 40.5 Å². The van der Waals surface area contributed by atoms with E-state index in [1.807, 2.05) is 42.5 Å². The first-order chi connectivity index (χ1) is 12.0. The van der Waals surface area contributed by atoms with Crippen LogP contribution in [0.5, 0.6) is 0 Å². The molecular formula is C17H11Cl3N4O. The maximum absolute atomic E-state index is 12.2. The fraction of sp³-hybridized carbons (Fsp3) is 0. The first-order valence-corrected chi connectivity index (χ1v) is 8.23. The van der Waals surface area contributed by atoms with E-state index in [-0.39, 0.29) is 26.6 Å². The lowest BCUT2D eigenvalue weighted by atomic mass is 10.1. The van der Waals surface area contributed by atoms with Gasteiger partial charge in [0.2, 0.25) is 0 Å². The Morgan fingerprint density at radius 1 is 1.08 bits per heavy atom. The number of hydrazone groups is 1. The number of rotatable bonds is 3. The van der Waals surface area contributed by atoms with Crippen molar-refractivity contribution in [2.45, 2.75) is 0 Å². The van der Waals surface area contributed by atoms with E-state index in [9.17, 15) is 4.79 Å². The van der Waals surface area contributed by atoms with Crippen LogP contribution in [0.4, 0.5) is 5.69 Å². The van der Waals surface area contributed by atoms with Crippen molar-refractivity contribution in [3.05, 3.63) is 68.9 Å². The van der Waals surface area contributed by atoms with Crippen molar-refractivity contribution in [3.8, 4) is 0 Å². The molecule has 0 unspecified atom stereocenters. The maximum atomic E-state index is 12.2. The van der Waals surface area contributed by atoms with Crippen LogP contribution in [0.2, 0.25) is 15.2 Å². The molecule has 8 heteroatoms. The normalized spacial score (nSPS) is 11.2.